The first kappa shape index (κ1) is 17.0. The fourth-order valence-electron chi connectivity index (χ4n) is 2.17. The van der Waals surface area contributed by atoms with Crippen molar-refractivity contribution in [2.75, 3.05) is 5.32 Å². The maximum absolute atomic E-state index is 13.6. The summed E-state index contributed by atoms with van der Waals surface area (Å²) in [5.41, 5.74) is 1.99. The molecule has 3 rings (SSSR count). The molecule has 0 saturated heterocycles. The zero-order valence-electron chi connectivity index (χ0n) is 13.2. The van der Waals surface area contributed by atoms with E-state index in [2.05, 4.69) is 20.8 Å². The Labute approximate surface area is 148 Å². The van der Waals surface area contributed by atoms with E-state index >= 15 is 0 Å². The highest BCUT2D eigenvalue weighted by Gasteiger charge is 2.11. The number of benzene rings is 2. The third kappa shape index (κ3) is 4.16. The van der Waals surface area contributed by atoms with E-state index in [1.165, 1.54) is 6.07 Å². The molecule has 0 bridgehead atoms. The van der Waals surface area contributed by atoms with E-state index in [0.29, 0.717) is 11.7 Å². The van der Waals surface area contributed by atoms with Gasteiger partial charge in [-0.3, -0.25) is 0 Å². The average molecular weight is 360 g/mol. The van der Waals surface area contributed by atoms with Gasteiger partial charge in [-0.15, -0.1) is 0 Å². The topological polar surface area (TPSA) is 63.0 Å². The third-order valence-corrected chi connectivity index (χ3v) is 3.68. The zero-order valence-corrected chi connectivity index (χ0v) is 14.0. The lowest BCUT2D eigenvalue weighted by Gasteiger charge is -2.09. The number of rotatable bonds is 4. The smallest absolute Gasteiger partial charge is 0.246 e. The number of aromatic nitrogens is 2. The standard InChI is InChI=1S/C17H14F2N4OS/c1-10-4-2-3-5-12(10)16-22-15(24-23-16)9-20-17(25)21-14-7-6-11(18)8-13(14)19/h2-8H,9H2,1H3,(H2,20,21,25). The third-order valence-electron chi connectivity index (χ3n) is 3.43. The van der Waals surface area contributed by atoms with Crippen molar-refractivity contribution in [1.82, 2.24) is 15.5 Å². The molecule has 25 heavy (non-hydrogen) atoms. The monoisotopic (exact) mass is 360 g/mol. The molecule has 0 fully saturated rings. The Hall–Kier alpha value is -2.87. The van der Waals surface area contributed by atoms with Gasteiger partial charge in [0, 0.05) is 11.6 Å². The largest absolute Gasteiger partial charge is 0.353 e. The quantitative estimate of drug-likeness (QED) is 0.690. The van der Waals surface area contributed by atoms with Crippen LogP contribution in [-0.2, 0) is 6.54 Å². The molecule has 0 aliphatic carbocycles. The lowest BCUT2D eigenvalue weighted by molar-refractivity contribution is 0.376. The summed E-state index contributed by atoms with van der Waals surface area (Å²) in [6.45, 7) is 2.13. The summed E-state index contributed by atoms with van der Waals surface area (Å²) in [4.78, 5) is 4.30. The number of halogens is 2. The molecule has 2 N–H and O–H groups in total. The van der Waals surface area contributed by atoms with Crippen molar-refractivity contribution >= 4 is 23.0 Å². The van der Waals surface area contributed by atoms with Crippen LogP contribution in [0.15, 0.2) is 47.0 Å². The number of thiocarbonyl (C=S) groups is 1. The van der Waals surface area contributed by atoms with Crippen LogP contribution in [0.2, 0.25) is 0 Å². The van der Waals surface area contributed by atoms with E-state index in [-0.39, 0.29) is 17.3 Å². The highest BCUT2D eigenvalue weighted by atomic mass is 32.1. The van der Waals surface area contributed by atoms with Gasteiger partial charge in [0.05, 0.1) is 12.2 Å². The van der Waals surface area contributed by atoms with E-state index in [1.807, 2.05) is 31.2 Å². The molecule has 8 heteroatoms. The van der Waals surface area contributed by atoms with Crippen LogP contribution in [0, 0.1) is 18.6 Å². The Kier molecular flexibility index (Phi) is 4.99. The van der Waals surface area contributed by atoms with Crippen molar-refractivity contribution in [1.29, 1.82) is 0 Å². The van der Waals surface area contributed by atoms with Gasteiger partial charge in [-0.05, 0) is 36.8 Å². The molecule has 0 saturated carbocycles. The number of hydrogen-bond acceptors (Lipinski definition) is 4. The predicted molar refractivity (Wildman–Crippen MR) is 93.9 cm³/mol. The van der Waals surface area contributed by atoms with E-state index < -0.39 is 11.6 Å². The van der Waals surface area contributed by atoms with Crippen LogP contribution in [0.3, 0.4) is 0 Å². The summed E-state index contributed by atoms with van der Waals surface area (Å²) in [5.74, 6) is -0.569. The second kappa shape index (κ2) is 7.35. The van der Waals surface area contributed by atoms with Gasteiger partial charge in [-0.1, -0.05) is 29.4 Å². The molecule has 5 nitrogen and oxygen atoms in total. The number of nitrogens with one attached hydrogen (secondary N) is 2. The second-order valence-corrected chi connectivity index (χ2v) is 5.67. The summed E-state index contributed by atoms with van der Waals surface area (Å²) >= 11 is 5.08. The first-order valence-electron chi connectivity index (χ1n) is 7.41. The van der Waals surface area contributed by atoms with Crippen LogP contribution in [0.4, 0.5) is 14.5 Å². The van der Waals surface area contributed by atoms with Gasteiger partial charge >= 0.3 is 0 Å². The fourth-order valence-corrected chi connectivity index (χ4v) is 2.36. The van der Waals surface area contributed by atoms with Crippen LogP contribution in [0.25, 0.3) is 11.4 Å². The van der Waals surface area contributed by atoms with Gasteiger partial charge in [-0.25, -0.2) is 8.78 Å². The minimum atomic E-state index is -0.733. The molecule has 128 valence electrons. The first-order valence-corrected chi connectivity index (χ1v) is 7.82. The van der Waals surface area contributed by atoms with Gasteiger partial charge in [0.1, 0.15) is 11.6 Å². The van der Waals surface area contributed by atoms with E-state index in [9.17, 15) is 8.78 Å². The molecule has 0 radical (unpaired) electrons. The summed E-state index contributed by atoms with van der Waals surface area (Å²) in [6, 6.07) is 10.9. The minimum absolute atomic E-state index is 0.0741. The Balaban J connectivity index is 1.60. The molecule has 0 atom stereocenters. The molecule has 0 aliphatic rings. The maximum Gasteiger partial charge on any atom is 0.246 e. The average Bonchev–Trinajstić information content (AvgIpc) is 3.05. The molecular weight excluding hydrogens is 346 g/mol. The van der Waals surface area contributed by atoms with Crippen LogP contribution >= 0.6 is 12.2 Å². The number of anilines is 1. The van der Waals surface area contributed by atoms with Gasteiger partial charge in [0.15, 0.2) is 5.11 Å². The highest BCUT2D eigenvalue weighted by Crippen LogP contribution is 2.19. The summed E-state index contributed by atoms with van der Waals surface area (Å²) in [6.07, 6.45) is 0. The van der Waals surface area contributed by atoms with Gasteiger partial charge in [0.25, 0.3) is 0 Å². The lowest BCUT2D eigenvalue weighted by atomic mass is 10.1. The Morgan fingerprint density at radius 2 is 2.00 bits per heavy atom. The Morgan fingerprint density at radius 3 is 2.76 bits per heavy atom. The van der Waals surface area contributed by atoms with Gasteiger partial charge in [0.2, 0.25) is 11.7 Å². The summed E-state index contributed by atoms with van der Waals surface area (Å²) in [7, 11) is 0. The van der Waals surface area contributed by atoms with Gasteiger partial charge < -0.3 is 15.2 Å². The SMILES string of the molecule is Cc1ccccc1-c1noc(CNC(=S)Nc2ccc(F)cc2F)n1. The highest BCUT2D eigenvalue weighted by molar-refractivity contribution is 7.80. The first-order chi connectivity index (χ1) is 12.0. The van der Waals surface area contributed by atoms with Crippen molar-refractivity contribution in [2.45, 2.75) is 13.5 Å². The van der Waals surface area contributed by atoms with E-state index in [0.717, 1.165) is 23.3 Å². The molecule has 0 amide bonds. The van der Waals surface area contributed by atoms with E-state index in [1.54, 1.807) is 0 Å². The molecule has 2 aromatic carbocycles. The Bertz CT molecular complexity index is 913. The molecule has 3 aromatic rings. The van der Waals surface area contributed by atoms with Crippen LogP contribution in [0.5, 0.6) is 0 Å². The van der Waals surface area contributed by atoms with Crippen molar-refractivity contribution < 1.29 is 13.3 Å². The molecule has 1 heterocycles. The van der Waals surface area contributed by atoms with Crippen molar-refractivity contribution in [3.8, 4) is 11.4 Å². The van der Waals surface area contributed by atoms with Crippen LogP contribution < -0.4 is 10.6 Å². The maximum atomic E-state index is 13.6. The zero-order chi connectivity index (χ0) is 17.8. The van der Waals surface area contributed by atoms with Gasteiger partial charge in [-0.2, -0.15) is 4.98 Å². The second-order valence-electron chi connectivity index (χ2n) is 5.26. The fraction of sp³-hybridized carbons (Fsp3) is 0.118. The summed E-state index contributed by atoms with van der Waals surface area (Å²) in [5, 5.41) is 9.57. The van der Waals surface area contributed by atoms with Crippen molar-refractivity contribution in [2.24, 2.45) is 0 Å². The van der Waals surface area contributed by atoms with Crippen molar-refractivity contribution in [3.05, 3.63) is 65.6 Å². The minimum Gasteiger partial charge on any atom is -0.353 e. The lowest BCUT2D eigenvalue weighted by Crippen LogP contribution is -2.28. The predicted octanol–water partition coefficient (Wildman–Crippen LogP) is 3.81. The molecule has 0 unspecified atom stereocenters. The van der Waals surface area contributed by atoms with Crippen molar-refractivity contribution in [3.63, 3.8) is 0 Å². The number of hydrogen-bond donors (Lipinski definition) is 2. The molecule has 0 aliphatic heterocycles. The normalized spacial score (nSPS) is 10.5. The number of aryl methyl sites for hydroxylation is 1. The summed E-state index contributed by atoms with van der Waals surface area (Å²) < 4.78 is 31.6. The number of nitrogens with zero attached hydrogens (tertiary/aromatic N) is 2. The van der Waals surface area contributed by atoms with Crippen LogP contribution in [0.1, 0.15) is 11.5 Å². The molecule has 0 spiro atoms. The molecule has 1 aromatic heterocycles. The van der Waals surface area contributed by atoms with Crippen LogP contribution in [-0.4, -0.2) is 15.3 Å². The van der Waals surface area contributed by atoms with E-state index in [4.69, 9.17) is 16.7 Å². The Morgan fingerprint density at radius 1 is 1.20 bits per heavy atom. The molecular formula is C17H14F2N4OS.